The maximum absolute atomic E-state index is 10.6. The molecule has 98 valence electrons. The molecule has 0 aromatic heterocycles. The van der Waals surface area contributed by atoms with Crippen LogP contribution in [-0.4, -0.2) is 23.6 Å². The van der Waals surface area contributed by atoms with Gasteiger partial charge in [0.1, 0.15) is 0 Å². The third-order valence-corrected chi connectivity index (χ3v) is 3.55. The summed E-state index contributed by atoms with van der Waals surface area (Å²) in [5, 5.41) is 10.6. The lowest BCUT2D eigenvalue weighted by molar-refractivity contribution is -0.384. The summed E-state index contributed by atoms with van der Waals surface area (Å²) in [7, 11) is 0. The molecule has 1 aliphatic heterocycles. The third kappa shape index (κ3) is 2.61. The number of hydrogen-bond acceptors (Lipinski definition) is 4. The molecule has 18 heavy (non-hydrogen) atoms. The summed E-state index contributed by atoms with van der Waals surface area (Å²) < 4.78 is 0. The molecule has 5 nitrogen and oxygen atoms in total. The van der Waals surface area contributed by atoms with Gasteiger partial charge in [0.25, 0.3) is 5.69 Å². The first-order valence-electron chi connectivity index (χ1n) is 6.36. The quantitative estimate of drug-likeness (QED) is 0.659. The topological polar surface area (TPSA) is 72.4 Å². The maximum Gasteiger partial charge on any atom is 0.269 e. The van der Waals surface area contributed by atoms with E-state index in [-0.39, 0.29) is 16.7 Å². The minimum Gasteiger partial charge on any atom is -0.367 e. The van der Waals surface area contributed by atoms with E-state index in [0.29, 0.717) is 6.04 Å². The van der Waals surface area contributed by atoms with E-state index < -0.39 is 0 Å². The Morgan fingerprint density at radius 1 is 1.39 bits per heavy atom. The van der Waals surface area contributed by atoms with E-state index >= 15 is 0 Å². The second kappa shape index (κ2) is 5.35. The van der Waals surface area contributed by atoms with Crippen LogP contribution < -0.4 is 10.6 Å². The molecule has 0 spiro atoms. The molecule has 2 rings (SSSR count). The van der Waals surface area contributed by atoms with Crippen molar-refractivity contribution in [1.82, 2.24) is 0 Å². The minimum absolute atomic E-state index is 0.112. The molecule has 1 aromatic rings. The van der Waals surface area contributed by atoms with Crippen LogP contribution in [0.15, 0.2) is 24.3 Å². The molecule has 0 amide bonds. The normalized spacial score (nSPS) is 21.7. The molecule has 5 heteroatoms. The van der Waals surface area contributed by atoms with Gasteiger partial charge >= 0.3 is 0 Å². The summed E-state index contributed by atoms with van der Waals surface area (Å²) >= 11 is 0. The van der Waals surface area contributed by atoms with E-state index in [9.17, 15) is 10.1 Å². The smallest absolute Gasteiger partial charge is 0.269 e. The fourth-order valence-corrected chi connectivity index (χ4v) is 2.59. The lowest BCUT2D eigenvalue weighted by Crippen LogP contribution is -2.49. The van der Waals surface area contributed by atoms with Gasteiger partial charge in [-0.05, 0) is 38.3 Å². The lowest BCUT2D eigenvalue weighted by Gasteiger charge is -2.39. The molecule has 1 fully saturated rings. The second-order valence-electron chi connectivity index (χ2n) is 4.89. The van der Waals surface area contributed by atoms with Gasteiger partial charge in [0.05, 0.1) is 4.92 Å². The average molecular weight is 249 g/mol. The highest BCUT2D eigenvalue weighted by molar-refractivity contribution is 5.52. The van der Waals surface area contributed by atoms with E-state index in [1.807, 2.05) is 19.1 Å². The minimum atomic E-state index is -0.372. The highest BCUT2D eigenvalue weighted by Gasteiger charge is 2.25. The van der Waals surface area contributed by atoms with Crippen molar-refractivity contribution in [2.75, 3.05) is 11.4 Å². The van der Waals surface area contributed by atoms with Crippen molar-refractivity contribution in [1.29, 1.82) is 0 Å². The van der Waals surface area contributed by atoms with Gasteiger partial charge in [-0.2, -0.15) is 0 Å². The molecule has 0 aliphatic carbocycles. The van der Waals surface area contributed by atoms with Gasteiger partial charge in [-0.3, -0.25) is 10.1 Å². The van der Waals surface area contributed by atoms with Crippen LogP contribution in [0.25, 0.3) is 0 Å². The Morgan fingerprint density at radius 2 is 2.06 bits per heavy atom. The van der Waals surface area contributed by atoms with Crippen LogP contribution in [0.5, 0.6) is 0 Å². The molecule has 0 radical (unpaired) electrons. The summed E-state index contributed by atoms with van der Waals surface area (Å²) in [5.41, 5.74) is 7.19. The van der Waals surface area contributed by atoms with E-state index in [4.69, 9.17) is 5.73 Å². The van der Waals surface area contributed by atoms with Crippen LogP contribution in [0.2, 0.25) is 0 Å². The van der Waals surface area contributed by atoms with Crippen molar-refractivity contribution in [2.24, 2.45) is 5.73 Å². The van der Waals surface area contributed by atoms with E-state index in [0.717, 1.165) is 25.1 Å². The monoisotopic (exact) mass is 249 g/mol. The molecule has 1 aliphatic rings. The fourth-order valence-electron chi connectivity index (χ4n) is 2.59. The van der Waals surface area contributed by atoms with Crippen LogP contribution in [0.4, 0.5) is 11.4 Å². The average Bonchev–Trinajstić information content (AvgIpc) is 2.39. The van der Waals surface area contributed by atoms with Crippen LogP contribution in [-0.2, 0) is 0 Å². The Balaban J connectivity index is 2.20. The van der Waals surface area contributed by atoms with Crippen molar-refractivity contribution in [3.8, 4) is 0 Å². The molecule has 2 atom stereocenters. The van der Waals surface area contributed by atoms with Gasteiger partial charge in [0.15, 0.2) is 0 Å². The van der Waals surface area contributed by atoms with Crippen molar-refractivity contribution in [3.05, 3.63) is 34.4 Å². The number of non-ortho nitro benzene ring substituents is 1. The highest BCUT2D eigenvalue weighted by Crippen LogP contribution is 2.27. The molecular formula is C13H19N3O2. The van der Waals surface area contributed by atoms with Crippen LogP contribution in [0, 0.1) is 10.1 Å². The Hall–Kier alpha value is -1.62. The molecule has 1 heterocycles. The second-order valence-corrected chi connectivity index (χ2v) is 4.89. The number of hydrogen-bond donors (Lipinski definition) is 1. The van der Waals surface area contributed by atoms with E-state index in [1.54, 1.807) is 12.1 Å². The van der Waals surface area contributed by atoms with Crippen molar-refractivity contribution in [3.63, 3.8) is 0 Å². The first-order valence-corrected chi connectivity index (χ1v) is 6.36. The zero-order chi connectivity index (χ0) is 13.1. The van der Waals surface area contributed by atoms with Gasteiger partial charge < -0.3 is 10.6 Å². The Kier molecular flexibility index (Phi) is 3.81. The molecule has 2 N–H and O–H groups in total. The maximum atomic E-state index is 10.6. The number of nitro benzene ring substituents is 1. The van der Waals surface area contributed by atoms with Crippen LogP contribution >= 0.6 is 0 Å². The number of anilines is 1. The first-order chi connectivity index (χ1) is 8.59. The number of benzene rings is 1. The van der Waals surface area contributed by atoms with Crippen molar-refractivity contribution >= 4 is 11.4 Å². The Morgan fingerprint density at radius 3 is 2.61 bits per heavy atom. The Bertz CT molecular complexity index is 417. The van der Waals surface area contributed by atoms with E-state index in [2.05, 4.69) is 4.90 Å². The lowest BCUT2D eigenvalue weighted by atomic mass is 9.96. The zero-order valence-corrected chi connectivity index (χ0v) is 10.6. The SMILES string of the molecule is CC(N)C1CCCCN1c1ccc([N+](=O)[O-])cc1. The number of nitrogens with zero attached hydrogens (tertiary/aromatic N) is 2. The van der Waals surface area contributed by atoms with Crippen LogP contribution in [0.1, 0.15) is 26.2 Å². The standard InChI is InChI=1S/C13H19N3O2/c1-10(14)13-4-2-3-9-15(13)11-5-7-12(8-6-11)16(17)18/h5-8,10,13H,2-4,9,14H2,1H3. The number of nitro groups is 1. The molecular weight excluding hydrogens is 230 g/mol. The summed E-state index contributed by atoms with van der Waals surface area (Å²) in [6.07, 6.45) is 3.45. The predicted octanol–water partition coefficient (Wildman–Crippen LogP) is 2.30. The van der Waals surface area contributed by atoms with Gasteiger partial charge in [0, 0.05) is 36.4 Å². The van der Waals surface area contributed by atoms with E-state index in [1.165, 1.54) is 6.42 Å². The fraction of sp³-hybridized carbons (Fsp3) is 0.538. The first kappa shape index (κ1) is 12.8. The number of rotatable bonds is 3. The van der Waals surface area contributed by atoms with Gasteiger partial charge in [-0.25, -0.2) is 0 Å². The summed E-state index contributed by atoms with van der Waals surface area (Å²) in [4.78, 5) is 12.5. The molecule has 2 unspecified atom stereocenters. The molecule has 0 bridgehead atoms. The summed E-state index contributed by atoms with van der Waals surface area (Å²) in [6, 6.07) is 7.20. The van der Waals surface area contributed by atoms with Gasteiger partial charge in [0.2, 0.25) is 0 Å². The summed E-state index contributed by atoms with van der Waals surface area (Å²) in [5.74, 6) is 0. The number of piperidine rings is 1. The van der Waals surface area contributed by atoms with Crippen LogP contribution in [0.3, 0.4) is 0 Å². The largest absolute Gasteiger partial charge is 0.367 e. The number of nitrogens with two attached hydrogens (primary N) is 1. The zero-order valence-electron chi connectivity index (χ0n) is 10.6. The molecule has 1 saturated heterocycles. The van der Waals surface area contributed by atoms with Crippen molar-refractivity contribution in [2.45, 2.75) is 38.3 Å². The highest BCUT2D eigenvalue weighted by atomic mass is 16.6. The summed E-state index contributed by atoms with van der Waals surface area (Å²) in [6.45, 7) is 3.00. The van der Waals surface area contributed by atoms with Crippen molar-refractivity contribution < 1.29 is 4.92 Å². The predicted molar refractivity (Wildman–Crippen MR) is 71.7 cm³/mol. The molecule has 0 saturated carbocycles. The molecule has 1 aromatic carbocycles. The van der Waals surface area contributed by atoms with Gasteiger partial charge in [-0.15, -0.1) is 0 Å². The van der Waals surface area contributed by atoms with Gasteiger partial charge in [-0.1, -0.05) is 0 Å². The third-order valence-electron chi connectivity index (χ3n) is 3.55. The Labute approximate surface area is 107 Å².